The van der Waals surface area contributed by atoms with Gasteiger partial charge in [-0.15, -0.1) is 11.3 Å². The van der Waals surface area contributed by atoms with E-state index in [0.717, 1.165) is 28.4 Å². The van der Waals surface area contributed by atoms with E-state index in [1.54, 1.807) is 22.0 Å². The Bertz CT molecular complexity index is 842. The van der Waals surface area contributed by atoms with Crippen LogP contribution in [-0.2, 0) is 11.2 Å². The molecule has 0 saturated heterocycles. The molecule has 8 heteroatoms. The zero-order valence-corrected chi connectivity index (χ0v) is 14.8. The van der Waals surface area contributed by atoms with E-state index in [1.807, 2.05) is 26.2 Å². The van der Waals surface area contributed by atoms with Crippen molar-refractivity contribution in [2.45, 2.75) is 46.1 Å². The summed E-state index contributed by atoms with van der Waals surface area (Å²) in [6.45, 7) is 5.97. The van der Waals surface area contributed by atoms with Crippen LogP contribution in [0.1, 0.15) is 47.8 Å². The molecule has 7 nitrogen and oxygen atoms in total. The first kappa shape index (κ1) is 16.5. The average molecular weight is 344 g/mol. The number of thiazole rings is 1. The maximum absolute atomic E-state index is 12.3. The van der Waals surface area contributed by atoms with Gasteiger partial charge in [-0.3, -0.25) is 4.79 Å². The summed E-state index contributed by atoms with van der Waals surface area (Å²) in [6, 6.07) is -0.0179. The van der Waals surface area contributed by atoms with Crippen LogP contribution in [0.4, 0.5) is 0 Å². The van der Waals surface area contributed by atoms with Gasteiger partial charge < -0.3 is 5.32 Å². The standard InChI is InChI=1S/C16H20N6OS/c1-4-13(15-17-7-8-24-15)21-14(23)6-5-12-10(2)20-16-18-9-19-22(16)11(12)3/h7-9,13H,4-6H2,1-3H3,(H,21,23). The van der Waals surface area contributed by atoms with Gasteiger partial charge in [0.15, 0.2) is 0 Å². The molecule has 0 fully saturated rings. The zero-order chi connectivity index (χ0) is 17.1. The number of fused-ring (bicyclic) bond motifs is 1. The molecule has 0 aromatic carbocycles. The Morgan fingerprint density at radius 3 is 2.92 bits per heavy atom. The van der Waals surface area contributed by atoms with Crippen LogP contribution in [0.3, 0.4) is 0 Å². The first-order valence-electron chi connectivity index (χ1n) is 7.94. The Hall–Kier alpha value is -2.35. The number of aromatic nitrogens is 5. The summed E-state index contributed by atoms with van der Waals surface area (Å²) in [5, 5.41) is 10.1. The highest BCUT2D eigenvalue weighted by molar-refractivity contribution is 7.09. The molecular formula is C16H20N6OS. The molecule has 24 heavy (non-hydrogen) atoms. The van der Waals surface area contributed by atoms with Gasteiger partial charge in [0, 0.05) is 29.4 Å². The van der Waals surface area contributed by atoms with E-state index in [-0.39, 0.29) is 11.9 Å². The second-order valence-electron chi connectivity index (χ2n) is 5.63. The van der Waals surface area contributed by atoms with E-state index in [2.05, 4.69) is 25.4 Å². The molecule has 1 N–H and O–H groups in total. The van der Waals surface area contributed by atoms with Crippen molar-refractivity contribution in [1.82, 2.24) is 29.9 Å². The van der Waals surface area contributed by atoms with Gasteiger partial charge in [-0.1, -0.05) is 6.92 Å². The molecule has 0 bridgehead atoms. The van der Waals surface area contributed by atoms with Crippen LogP contribution in [0.25, 0.3) is 5.78 Å². The van der Waals surface area contributed by atoms with Crippen molar-refractivity contribution in [3.8, 4) is 0 Å². The Balaban J connectivity index is 1.68. The summed E-state index contributed by atoms with van der Waals surface area (Å²) in [4.78, 5) is 25.2. The minimum absolute atomic E-state index is 0.0179. The van der Waals surface area contributed by atoms with Gasteiger partial charge in [0.2, 0.25) is 5.91 Å². The summed E-state index contributed by atoms with van der Waals surface area (Å²) in [7, 11) is 0. The van der Waals surface area contributed by atoms with Crippen molar-refractivity contribution >= 4 is 23.0 Å². The Kier molecular flexibility index (Phi) is 4.84. The van der Waals surface area contributed by atoms with E-state index >= 15 is 0 Å². The summed E-state index contributed by atoms with van der Waals surface area (Å²) in [6.07, 6.45) is 5.11. The maximum atomic E-state index is 12.3. The van der Waals surface area contributed by atoms with Crippen molar-refractivity contribution in [3.63, 3.8) is 0 Å². The molecule has 0 aliphatic rings. The van der Waals surface area contributed by atoms with Gasteiger partial charge in [0.1, 0.15) is 11.3 Å². The zero-order valence-electron chi connectivity index (χ0n) is 14.0. The third-order valence-corrected chi connectivity index (χ3v) is 4.97. The molecule has 3 heterocycles. The molecule has 1 amide bonds. The molecule has 0 aliphatic heterocycles. The van der Waals surface area contributed by atoms with Gasteiger partial charge in [-0.25, -0.2) is 14.5 Å². The number of hydrogen-bond donors (Lipinski definition) is 1. The normalized spacial score (nSPS) is 12.5. The molecule has 3 rings (SSSR count). The van der Waals surface area contributed by atoms with Gasteiger partial charge >= 0.3 is 0 Å². The molecule has 0 saturated carbocycles. The molecule has 1 atom stereocenters. The second kappa shape index (κ2) is 7.04. The third kappa shape index (κ3) is 3.28. The largest absolute Gasteiger partial charge is 0.347 e. The lowest BCUT2D eigenvalue weighted by Gasteiger charge is -2.15. The first-order valence-corrected chi connectivity index (χ1v) is 8.82. The van der Waals surface area contributed by atoms with Crippen LogP contribution in [0, 0.1) is 13.8 Å². The summed E-state index contributed by atoms with van der Waals surface area (Å²) in [5.41, 5.74) is 2.92. The smallest absolute Gasteiger partial charge is 0.252 e. The lowest BCUT2D eigenvalue weighted by Crippen LogP contribution is -2.28. The number of nitrogens with zero attached hydrogens (tertiary/aromatic N) is 5. The second-order valence-corrected chi connectivity index (χ2v) is 6.56. The first-order chi connectivity index (χ1) is 11.6. The summed E-state index contributed by atoms with van der Waals surface area (Å²) >= 11 is 1.56. The molecule has 1 unspecified atom stereocenters. The fourth-order valence-corrected chi connectivity index (χ4v) is 3.54. The number of amides is 1. The highest BCUT2D eigenvalue weighted by atomic mass is 32.1. The van der Waals surface area contributed by atoms with Crippen LogP contribution < -0.4 is 5.32 Å². The van der Waals surface area contributed by atoms with Crippen LogP contribution in [-0.4, -0.2) is 30.5 Å². The average Bonchev–Trinajstić information content (AvgIpc) is 3.23. The Labute approximate surface area is 144 Å². The monoisotopic (exact) mass is 344 g/mol. The number of carbonyl (C=O) groups is 1. The van der Waals surface area contributed by atoms with Crippen molar-refractivity contribution < 1.29 is 4.79 Å². The van der Waals surface area contributed by atoms with Gasteiger partial charge in [0.25, 0.3) is 5.78 Å². The van der Waals surface area contributed by atoms with Crippen LogP contribution in [0.2, 0.25) is 0 Å². The van der Waals surface area contributed by atoms with Crippen molar-refractivity contribution in [2.75, 3.05) is 0 Å². The van der Waals surface area contributed by atoms with Crippen molar-refractivity contribution in [1.29, 1.82) is 0 Å². The minimum Gasteiger partial charge on any atom is -0.347 e. The van der Waals surface area contributed by atoms with E-state index < -0.39 is 0 Å². The van der Waals surface area contributed by atoms with E-state index in [1.165, 1.54) is 6.33 Å². The number of rotatable bonds is 6. The van der Waals surface area contributed by atoms with Crippen LogP contribution in [0.15, 0.2) is 17.9 Å². The van der Waals surface area contributed by atoms with E-state index in [4.69, 9.17) is 0 Å². The molecule has 126 valence electrons. The number of aryl methyl sites for hydroxylation is 2. The van der Waals surface area contributed by atoms with Crippen LogP contribution >= 0.6 is 11.3 Å². The topological polar surface area (TPSA) is 85.1 Å². The summed E-state index contributed by atoms with van der Waals surface area (Å²) in [5.74, 6) is 0.613. The predicted molar refractivity (Wildman–Crippen MR) is 91.9 cm³/mol. The van der Waals surface area contributed by atoms with Gasteiger partial charge in [-0.2, -0.15) is 10.1 Å². The molecule has 3 aromatic heterocycles. The molecule has 0 spiro atoms. The Morgan fingerprint density at radius 2 is 2.21 bits per heavy atom. The number of carbonyl (C=O) groups excluding carboxylic acids is 1. The highest BCUT2D eigenvalue weighted by Gasteiger charge is 2.16. The molecule has 3 aromatic rings. The SMILES string of the molecule is CCC(NC(=O)CCc1c(C)nc2ncnn2c1C)c1nccs1. The lowest BCUT2D eigenvalue weighted by atomic mass is 10.1. The quantitative estimate of drug-likeness (QED) is 0.742. The lowest BCUT2D eigenvalue weighted by molar-refractivity contribution is -0.121. The van der Waals surface area contributed by atoms with Crippen LogP contribution in [0.5, 0.6) is 0 Å². The Morgan fingerprint density at radius 1 is 1.38 bits per heavy atom. The van der Waals surface area contributed by atoms with Crippen molar-refractivity contribution in [2.24, 2.45) is 0 Å². The van der Waals surface area contributed by atoms with Gasteiger partial charge in [-0.05, 0) is 32.3 Å². The van der Waals surface area contributed by atoms with E-state index in [0.29, 0.717) is 18.6 Å². The minimum atomic E-state index is -0.0179. The molecule has 0 aliphatic carbocycles. The summed E-state index contributed by atoms with van der Waals surface area (Å²) < 4.78 is 1.71. The third-order valence-electron chi connectivity index (χ3n) is 4.08. The molecular weight excluding hydrogens is 324 g/mol. The maximum Gasteiger partial charge on any atom is 0.252 e. The number of nitrogens with one attached hydrogen (secondary N) is 1. The highest BCUT2D eigenvalue weighted by Crippen LogP contribution is 2.19. The number of hydrogen-bond acceptors (Lipinski definition) is 6. The van der Waals surface area contributed by atoms with E-state index in [9.17, 15) is 4.79 Å². The molecule has 0 radical (unpaired) electrons. The van der Waals surface area contributed by atoms with Crippen molar-refractivity contribution in [3.05, 3.63) is 39.9 Å². The fraction of sp³-hybridized carbons (Fsp3) is 0.438. The predicted octanol–water partition coefficient (Wildman–Crippen LogP) is 2.40. The fourth-order valence-electron chi connectivity index (χ4n) is 2.77. The van der Waals surface area contributed by atoms with Gasteiger partial charge in [0.05, 0.1) is 6.04 Å².